The lowest BCUT2D eigenvalue weighted by Gasteiger charge is -2.35. The highest BCUT2D eigenvalue weighted by Crippen LogP contribution is 2.43. The van der Waals surface area contributed by atoms with Crippen molar-refractivity contribution in [3.05, 3.63) is 127 Å². The second kappa shape index (κ2) is 34.4. The van der Waals surface area contributed by atoms with E-state index in [4.69, 9.17) is 33.7 Å². The van der Waals surface area contributed by atoms with Gasteiger partial charge in [-0.2, -0.15) is 0 Å². The number of nitrogens with zero attached hydrogens (tertiary/aromatic N) is 4. The first kappa shape index (κ1) is 79.3. The van der Waals surface area contributed by atoms with Crippen LogP contribution in [0.2, 0.25) is 0 Å². The third-order valence-electron chi connectivity index (χ3n) is 19.1. The Hall–Kier alpha value is -10.8. The van der Waals surface area contributed by atoms with E-state index in [0.29, 0.717) is 33.8 Å². The van der Waals surface area contributed by atoms with E-state index in [1.807, 2.05) is 60.7 Å². The Morgan fingerprint density at radius 2 is 1.03 bits per heavy atom. The first-order chi connectivity index (χ1) is 50.2. The number of aromatic nitrogens is 4. The zero-order valence-electron chi connectivity index (χ0n) is 58.1. The number of amides is 5. The molecule has 5 amide bonds. The van der Waals surface area contributed by atoms with E-state index in [1.54, 1.807) is 32.9 Å². The number of Topliss-reactive ketones (excluding diaryl/α,β-unsaturated/α-hetero) is 3. The average Bonchev–Trinajstić information content (AvgIpc) is 1.46. The molecule has 4 aliphatic rings. The zero-order chi connectivity index (χ0) is 75.6. The molecule has 8 heterocycles. The van der Waals surface area contributed by atoms with Gasteiger partial charge in [-0.15, -0.1) is 0 Å². The number of aliphatic hydroxyl groups excluding tert-OH is 4. The summed E-state index contributed by atoms with van der Waals surface area (Å²) in [6.45, 7) is 3.44. The van der Waals surface area contributed by atoms with Crippen molar-refractivity contribution in [1.29, 1.82) is 0 Å². The van der Waals surface area contributed by atoms with Gasteiger partial charge in [0.15, 0.2) is 17.7 Å². The molecule has 8 atom stereocenters. The van der Waals surface area contributed by atoms with Gasteiger partial charge >= 0.3 is 23.9 Å². The number of fused-ring (bicyclic) bond motifs is 10. The molecule has 4 aliphatic heterocycles. The molecule has 0 bridgehead atoms. The van der Waals surface area contributed by atoms with Crippen molar-refractivity contribution in [1.82, 2.24) is 45.7 Å². The number of cyclic esters (lactones) is 2. The Morgan fingerprint density at radius 3 is 1.52 bits per heavy atom. The molecule has 2 aromatic carbocycles. The highest BCUT2D eigenvalue weighted by Gasteiger charge is 2.52. The molecule has 0 radical (unpaired) electrons. The van der Waals surface area contributed by atoms with E-state index in [0.717, 1.165) is 21.9 Å². The minimum atomic E-state index is -2.44. The maximum atomic E-state index is 14.0. The molecule has 4 aromatic heterocycles. The number of carbonyl (C=O) groups excluding carboxylic acids is 12. The van der Waals surface area contributed by atoms with Gasteiger partial charge in [0.1, 0.15) is 50.4 Å². The summed E-state index contributed by atoms with van der Waals surface area (Å²) in [4.78, 5) is 196. The number of hydrogen-bond donors (Lipinski definition) is 9. The molecule has 32 nitrogen and oxygen atoms in total. The minimum absolute atomic E-state index is 0. The first-order valence-corrected chi connectivity index (χ1v) is 34.6. The maximum absolute atomic E-state index is 14.0. The fraction of sp³-hybridized carbons (Fsp3) is 0.459. The fourth-order valence-electron chi connectivity index (χ4n) is 13.2. The molecule has 6 aromatic rings. The molecule has 0 saturated heterocycles. The average molecular weight is 1470 g/mol. The monoisotopic (exact) mass is 1470 g/mol. The number of aliphatic hydroxyl groups is 4. The van der Waals surface area contributed by atoms with Gasteiger partial charge in [0.2, 0.25) is 34.8 Å². The minimum Gasteiger partial charge on any atom is -0.457 e. The standard InChI is InChI=1S/C73H81N9O23.CH4/c1-5-39(28-56(87)76-32-58(89)104-72(6-2)46-29-51-60-42(26-40-14-8-10-16-48(40)79-60)34-81(51)68(97)44(46)36-102-70(72)99)66(95)74-22-13-19-54(85)62(91)63(92)64(93)65(94)67(96)75-23-12-18-53(84)50(78-55(86)21-25-101-24-20-38(4)83)31-57(88)77-33-59(90)105-73(7-3)47-30-52-61-43(27-41-15-9-11-17-49(41)80-61)35-82(52)69(98)45(47)37-103-71(73)100;/h8-11,14-17,26-27,29-30,39,50,62-65,91-94H,5-7,12-13,18-25,28,31-37H2,1-4H3,(H,74,95)(H,75,96)(H,76,87)(H,77,88)(H,78,86);1H4/t39-,50-,62-,63+,64+,65-,72+,73+;/m0./s1. The number of pyridine rings is 4. The van der Waals surface area contributed by atoms with Crippen LogP contribution in [0.15, 0.2) is 82.4 Å². The molecular weight excluding hydrogens is 1380 g/mol. The van der Waals surface area contributed by atoms with Crippen LogP contribution in [0.25, 0.3) is 44.6 Å². The van der Waals surface area contributed by atoms with Gasteiger partial charge < -0.3 is 79.8 Å². The normalized spacial score (nSPS) is 17.4. The Labute approximate surface area is 606 Å². The largest absolute Gasteiger partial charge is 0.457 e. The lowest BCUT2D eigenvalue weighted by atomic mass is 9.85. The molecule has 564 valence electrons. The Bertz CT molecular complexity index is 4610. The molecule has 32 heteroatoms. The van der Waals surface area contributed by atoms with Gasteiger partial charge in [-0.3, -0.25) is 57.5 Å². The van der Waals surface area contributed by atoms with Gasteiger partial charge in [0.05, 0.1) is 83.7 Å². The summed E-state index contributed by atoms with van der Waals surface area (Å²) >= 11 is 0. The van der Waals surface area contributed by atoms with Gasteiger partial charge in [-0.1, -0.05) is 64.6 Å². The molecule has 0 spiro atoms. The second-order valence-electron chi connectivity index (χ2n) is 26.1. The summed E-state index contributed by atoms with van der Waals surface area (Å²) in [6, 6.07) is 20.3. The van der Waals surface area contributed by atoms with E-state index < -0.39 is 169 Å². The number of hydrogen-bond acceptors (Lipinski definition) is 25. The van der Waals surface area contributed by atoms with E-state index in [-0.39, 0.29) is 126 Å². The van der Waals surface area contributed by atoms with Crippen molar-refractivity contribution in [2.75, 3.05) is 39.4 Å². The van der Waals surface area contributed by atoms with Gasteiger partial charge in [0, 0.05) is 84.1 Å². The highest BCUT2D eigenvalue weighted by atomic mass is 16.6. The topological polar surface area (TPSA) is 462 Å². The molecule has 0 unspecified atom stereocenters. The SMILES string of the molecule is C.CC[C@@H](CC(=O)NCC(=O)O[C@@]1(CC)C(=O)OCc2c1cc1n(c2=O)Cc2cc3ccccc3nc2-1)C(=O)NCCCC(=O)[C@H](O)[C@@H](O)[C@@H](O)[C@H](O)C(=O)NCCCC(=O)[C@H](CC(=O)NCC(=O)O[C@@]1(CC)C(=O)OCc2c1cc1n(c2=O)Cc2cc3ccccc3nc2-1)NC(=O)CCOCCC(C)=O. The Balaban J connectivity index is 0.0000130. The predicted molar refractivity (Wildman–Crippen MR) is 374 cm³/mol. The third-order valence-corrected chi connectivity index (χ3v) is 19.1. The van der Waals surface area contributed by atoms with Crippen molar-refractivity contribution in [2.24, 2.45) is 5.92 Å². The number of nitrogens with one attached hydrogen (secondary N) is 5. The Morgan fingerprint density at radius 1 is 0.566 bits per heavy atom. The van der Waals surface area contributed by atoms with Crippen LogP contribution < -0.4 is 37.7 Å². The second-order valence-corrected chi connectivity index (χ2v) is 26.1. The Kier molecular flexibility index (Phi) is 25.8. The molecule has 0 saturated carbocycles. The zero-order valence-corrected chi connectivity index (χ0v) is 58.1. The van der Waals surface area contributed by atoms with E-state index in [9.17, 15) is 87.5 Å². The van der Waals surface area contributed by atoms with Crippen LogP contribution in [-0.4, -0.2) is 180 Å². The van der Waals surface area contributed by atoms with E-state index >= 15 is 0 Å². The summed E-state index contributed by atoms with van der Waals surface area (Å²) in [5.74, 6) is -11.3. The van der Waals surface area contributed by atoms with Crippen LogP contribution in [0.3, 0.4) is 0 Å². The van der Waals surface area contributed by atoms with Crippen LogP contribution >= 0.6 is 0 Å². The number of benzene rings is 2. The summed E-state index contributed by atoms with van der Waals surface area (Å²) in [5, 5.41) is 56.3. The molecule has 106 heavy (non-hydrogen) atoms. The summed E-state index contributed by atoms with van der Waals surface area (Å²) in [7, 11) is 0. The van der Waals surface area contributed by atoms with Crippen LogP contribution in [0, 0.1) is 5.92 Å². The lowest BCUT2D eigenvalue weighted by Crippen LogP contribution is -2.52. The first-order valence-electron chi connectivity index (χ1n) is 34.6. The third kappa shape index (κ3) is 17.1. The smallest absolute Gasteiger partial charge is 0.355 e. The van der Waals surface area contributed by atoms with Crippen molar-refractivity contribution >= 4 is 92.6 Å². The van der Waals surface area contributed by atoms with Crippen LogP contribution in [-0.2, 0) is 119 Å². The summed E-state index contributed by atoms with van der Waals surface area (Å²) in [6.07, 6.45) is -12.4. The van der Waals surface area contributed by atoms with Gasteiger partial charge in [-0.25, -0.2) is 19.6 Å². The van der Waals surface area contributed by atoms with Crippen LogP contribution in [0.4, 0.5) is 0 Å². The van der Waals surface area contributed by atoms with Crippen molar-refractivity contribution in [3.8, 4) is 22.8 Å². The van der Waals surface area contributed by atoms with Crippen LogP contribution in [0.1, 0.15) is 139 Å². The highest BCUT2D eigenvalue weighted by molar-refractivity contribution is 5.96. The maximum Gasteiger partial charge on any atom is 0.355 e. The molecule has 0 aliphatic carbocycles. The fourth-order valence-corrected chi connectivity index (χ4v) is 13.2. The molecule has 9 N–H and O–H groups in total. The van der Waals surface area contributed by atoms with E-state index in [1.165, 1.54) is 16.1 Å². The van der Waals surface area contributed by atoms with Gasteiger partial charge in [-0.05, 0) is 75.4 Å². The van der Waals surface area contributed by atoms with Crippen molar-refractivity contribution < 1.29 is 102 Å². The van der Waals surface area contributed by atoms with E-state index in [2.05, 4.69) is 26.6 Å². The lowest BCUT2D eigenvalue weighted by molar-refractivity contribution is -0.189. The van der Waals surface area contributed by atoms with Crippen molar-refractivity contribution in [2.45, 2.75) is 174 Å². The number of para-hydroxylation sites is 2. The quantitative estimate of drug-likeness (QED) is 0.0153. The number of rotatable bonds is 35. The molecule has 0 fully saturated rings. The van der Waals surface area contributed by atoms with Gasteiger partial charge in [0.25, 0.3) is 17.0 Å². The van der Waals surface area contributed by atoms with Crippen molar-refractivity contribution in [3.63, 3.8) is 0 Å². The number of esters is 4. The summed E-state index contributed by atoms with van der Waals surface area (Å²) < 4.78 is 30.8. The molecule has 10 rings (SSSR count). The number of ketones is 3. The number of ether oxygens (including phenoxy) is 5. The number of carbonyl (C=O) groups is 12. The summed E-state index contributed by atoms with van der Waals surface area (Å²) in [5.41, 5.74) is 0.0695. The van der Waals surface area contributed by atoms with Crippen LogP contribution in [0.5, 0.6) is 0 Å². The predicted octanol–water partition coefficient (Wildman–Crippen LogP) is 1.19. The molecular formula is C74H85N9O23.